The second kappa shape index (κ2) is 7.98. The molecule has 2 heterocycles. The van der Waals surface area contributed by atoms with Gasteiger partial charge in [0.05, 0.1) is 0 Å². The van der Waals surface area contributed by atoms with Crippen LogP contribution in [0, 0.1) is 23.2 Å². The van der Waals surface area contributed by atoms with Gasteiger partial charge in [0.15, 0.2) is 0 Å². The molecule has 0 aromatic carbocycles. The Hall–Kier alpha value is -0.570. The van der Waals surface area contributed by atoms with Crippen LogP contribution in [-0.2, 0) is 4.79 Å². The molecule has 0 bridgehead atoms. The van der Waals surface area contributed by atoms with E-state index in [-0.39, 0.29) is 0 Å². The van der Waals surface area contributed by atoms with Crippen LogP contribution >= 0.6 is 0 Å². The summed E-state index contributed by atoms with van der Waals surface area (Å²) in [6, 6.07) is 0.684. The van der Waals surface area contributed by atoms with Gasteiger partial charge in [-0.1, -0.05) is 13.8 Å². The van der Waals surface area contributed by atoms with Crippen molar-refractivity contribution in [2.45, 2.75) is 85.1 Å². The number of nitrogens with zero attached hydrogens (tertiary/aromatic N) is 2. The average Bonchev–Trinajstić information content (AvgIpc) is 2.62. The molecule has 0 atom stereocenters. The number of amides is 1. The third kappa shape index (κ3) is 4.40. The molecule has 3 rings (SSSR count). The number of hydrogen-bond donors (Lipinski definition) is 0. The van der Waals surface area contributed by atoms with Gasteiger partial charge in [0.2, 0.25) is 5.91 Å². The van der Waals surface area contributed by atoms with E-state index in [1.165, 1.54) is 51.6 Å². The lowest BCUT2D eigenvalue weighted by molar-refractivity contribution is -0.139. The quantitative estimate of drug-likeness (QED) is 0.746. The van der Waals surface area contributed by atoms with E-state index in [0.29, 0.717) is 23.3 Å². The van der Waals surface area contributed by atoms with Crippen molar-refractivity contribution in [1.29, 1.82) is 0 Å². The summed E-state index contributed by atoms with van der Waals surface area (Å²) in [7, 11) is 0. The van der Waals surface area contributed by atoms with E-state index in [9.17, 15) is 4.79 Å². The maximum Gasteiger partial charge on any atom is 0.225 e. The summed E-state index contributed by atoms with van der Waals surface area (Å²) in [6.45, 7) is 13.8. The fraction of sp³-hybridized carbons (Fsp3) is 0.955. The first-order chi connectivity index (χ1) is 11.9. The average molecular weight is 349 g/mol. The molecule has 0 N–H and O–H groups in total. The zero-order valence-electron chi connectivity index (χ0n) is 17.1. The summed E-state index contributed by atoms with van der Waals surface area (Å²) in [4.78, 5) is 17.8. The second-order valence-electron chi connectivity index (χ2n) is 9.81. The van der Waals surface area contributed by atoms with E-state index in [1.54, 1.807) is 0 Å². The van der Waals surface area contributed by atoms with Gasteiger partial charge in [0, 0.05) is 25.0 Å². The smallest absolute Gasteiger partial charge is 0.225 e. The highest BCUT2D eigenvalue weighted by atomic mass is 16.2. The Labute approximate surface area is 155 Å². The first-order valence-electron chi connectivity index (χ1n) is 10.9. The van der Waals surface area contributed by atoms with Gasteiger partial charge in [-0.05, 0) is 95.6 Å². The van der Waals surface area contributed by atoms with Gasteiger partial charge < -0.3 is 9.80 Å². The summed E-state index contributed by atoms with van der Waals surface area (Å²) >= 11 is 0. The summed E-state index contributed by atoms with van der Waals surface area (Å²) in [5.41, 5.74) is 0.562. The van der Waals surface area contributed by atoms with Gasteiger partial charge in [0.25, 0.3) is 0 Å². The summed E-state index contributed by atoms with van der Waals surface area (Å²) in [5.74, 6) is 2.40. The molecule has 3 heteroatoms. The van der Waals surface area contributed by atoms with Crippen molar-refractivity contribution in [2.75, 3.05) is 26.2 Å². The summed E-state index contributed by atoms with van der Waals surface area (Å²) < 4.78 is 0. The van der Waals surface area contributed by atoms with Crippen LogP contribution in [0.5, 0.6) is 0 Å². The topological polar surface area (TPSA) is 23.6 Å². The van der Waals surface area contributed by atoms with Gasteiger partial charge in [-0.2, -0.15) is 0 Å². The molecule has 1 amide bonds. The van der Waals surface area contributed by atoms with Gasteiger partial charge in [-0.15, -0.1) is 0 Å². The van der Waals surface area contributed by atoms with Crippen LogP contribution in [0.15, 0.2) is 0 Å². The van der Waals surface area contributed by atoms with Crippen molar-refractivity contribution in [3.63, 3.8) is 0 Å². The number of hydrogen-bond acceptors (Lipinski definition) is 2. The van der Waals surface area contributed by atoms with E-state index in [0.717, 1.165) is 37.8 Å². The van der Waals surface area contributed by atoms with Gasteiger partial charge in [-0.3, -0.25) is 4.79 Å². The largest absolute Gasteiger partial charge is 0.342 e. The molecule has 144 valence electrons. The maximum atomic E-state index is 13.0. The summed E-state index contributed by atoms with van der Waals surface area (Å²) in [6.07, 6.45) is 10.00. The Bertz CT molecular complexity index is 433. The third-order valence-corrected chi connectivity index (χ3v) is 7.78. The van der Waals surface area contributed by atoms with E-state index in [1.807, 2.05) is 0 Å². The monoisotopic (exact) mass is 348 g/mol. The van der Waals surface area contributed by atoms with E-state index in [2.05, 4.69) is 37.5 Å². The molecule has 2 aliphatic heterocycles. The Morgan fingerprint density at radius 3 is 1.88 bits per heavy atom. The number of carbonyl (C=O) groups excluding carboxylic acids is 1. The molecular weight excluding hydrogens is 308 g/mol. The molecule has 0 radical (unpaired) electrons. The van der Waals surface area contributed by atoms with E-state index in [4.69, 9.17) is 0 Å². The zero-order valence-corrected chi connectivity index (χ0v) is 17.1. The lowest BCUT2D eigenvalue weighted by Gasteiger charge is -2.47. The number of piperidine rings is 2. The third-order valence-electron chi connectivity index (χ3n) is 7.78. The minimum Gasteiger partial charge on any atom is -0.342 e. The summed E-state index contributed by atoms with van der Waals surface area (Å²) in [5, 5.41) is 0. The second-order valence-corrected chi connectivity index (χ2v) is 9.81. The highest BCUT2D eigenvalue weighted by Gasteiger charge is 2.41. The molecule has 25 heavy (non-hydrogen) atoms. The van der Waals surface area contributed by atoms with Crippen molar-refractivity contribution in [3.8, 4) is 0 Å². The minimum atomic E-state index is 0.323. The SMILES string of the molecule is CC(C)C1CCN(C(=O)C2CCC3(CC2)CCN(C(C)C)CC3)CC1. The number of likely N-dealkylation sites (tertiary alicyclic amines) is 2. The highest BCUT2D eigenvalue weighted by molar-refractivity contribution is 5.79. The molecule has 1 spiro atoms. The van der Waals surface area contributed by atoms with Crippen molar-refractivity contribution < 1.29 is 4.79 Å². The van der Waals surface area contributed by atoms with Crippen LogP contribution in [0.25, 0.3) is 0 Å². The molecule has 0 unspecified atom stereocenters. The molecule has 1 aliphatic carbocycles. The van der Waals surface area contributed by atoms with Crippen molar-refractivity contribution in [1.82, 2.24) is 9.80 Å². The maximum absolute atomic E-state index is 13.0. The molecule has 3 fully saturated rings. The first-order valence-corrected chi connectivity index (χ1v) is 10.9. The van der Waals surface area contributed by atoms with Crippen LogP contribution < -0.4 is 0 Å². The molecule has 0 aromatic rings. The molecular formula is C22H40N2O. The standard InChI is InChI=1S/C22H40N2O/c1-17(2)19-7-13-24(14-8-19)21(25)20-5-9-22(10-6-20)11-15-23(16-12-22)18(3)4/h17-20H,5-16H2,1-4H3. The van der Waals surface area contributed by atoms with E-state index < -0.39 is 0 Å². The minimum absolute atomic E-state index is 0.323. The normalized spacial score (nSPS) is 26.7. The predicted octanol–water partition coefficient (Wildman–Crippen LogP) is 4.56. The Morgan fingerprint density at radius 2 is 1.40 bits per heavy atom. The Morgan fingerprint density at radius 1 is 0.840 bits per heavy atom. The Kier molecular flexibility index (Phi) is 6.13. The van der Waals surface area contributed by atoms with Gasteiger partial charge in [0.1, 0.15) is 0 Å². The van der Waals surface area contributed by atoms with Gasteiger partial charge >= 0.3 is 0 Å². The van der Waals surface area contributed by atoms with Crippen LogP contribution in [0.3, 0.4) is 0 Å². The van der Waals surface area contributed by atoms with Crippen LogP contribution in [-0.4, -0.2) is 47.9 Å². The van der Waals surface area contributed by atoms with Gasteiger partial charge in [-0.25, -0.2) is 0 Å². The first kappa shape index (κ1) is 19.2. The lowest BCUT2D eigenvalue weighted by Crippen LogP contribution is -2.47. The molecule has 3 aliphatic rings. The molecule has 1 saturated carbocycles. The van der Waals surface area contributed by atoms with Crippen molar-refractivity contribution in [3.05, 3.63) is 0 Å². The fourth-order valence-corrected chi connectivity index (χ4v) is 5.54. The lowest BCUT2D eigenvalue weighted by atomic mass is 9.65. The molecule has 3 nitrogen and oxygen atoms in total. The van der Waals surface area contributed by atoms with E-state index >= 15 is 0 Å². The zero-order chi connectivity index (χ0) is 18.0. The highest BCUT2D eigenvalue weighted by Crippen LogP contribution is 2.47. The predicted molar refractivity (Wildman–Crippen MR) is 104 cm³/mol. The van der Waals surface area contributed by atoms with Crippen LogP contribution in [0.1, 0.15) is 79.1 Å². The number of carbonyl (C=O) groups is 1. The van der Waals surface area contributed by atoms with Crippen molar-refractivity contribution in [2.24, 2.45) is 23.2 Å². The van der Waals surface area contributed by atoms with Crippen LogP contribution in [0.2, 0.25) is 0 Å². The Balaban J connectivity index is 1.46. The van der Waals surface area contributed by atoms with Crippen LogP contribution in [0.4, 0.5) is 0 Å². The number of rotatable bonds is 3. The fourth-order valence-electron chi connectivity index (χ4n) is 5.54. The molecule has 2 saturated heterocycles. The molecule has 0 aromatic heterocycles. The van der Waals surface area contributed by atoms with Crippen molar-refractivity contribution >= 4 is 5.91 Å².